The van der Waals surface area contributed by atoms with E-state index in [0.29, 0.717) is 12.1 Å². The maximum absolute atomic E-state index is 14.3. The van der Waals surface area contributed by atoms with Crippen LogP contribution in [0.25, 0.3) is 28.0 Å². The number of anilines is 1. The standard InChI is InChI=1S/C18H10ClF5N6O/c1-31-15-9(4-8(20)5-10(15)21)14-13(16-26-6-27-30(16)17(25)29-14)7-2-11(18(22,23)24)28-12(19)3-7/h2-6H,1H3,(H2,25,29). The Morgan fingerprint density at radius 1 is 1.10 bits per heavy atom. The molecule has 0 aliphatic heterocycles. The number of nitrogens with zero attached hydrogens (tertiary/aromatic N) is 5. The summed E-state index contributed by atoms with van der Waals surface area (Å²) >= 11 is 5.83. The van der Waals surface area contributed by atoms with Gasteiger partial charge in [0.05, 0.1) is 18.4 Å². The van der Waals surface area contributed by atoms with Crippen LogP contribution in [0.3, 0.4) is 0 Å². The summed E-state index contributed by atoms with van der Waals surface area (Å²) in [7, 11) is 1.14. The number of pyridine rings is 1. The summed E-state index contributed by atoms with van der Waals surface area (Å²) in [5, 5.41) is 3.41. The van der Waals surface area contributed by atoms with E-state index in [2.05, 4.69) is 20.1 Å². The average Bonchev–Trinajstić information content (AvgIpc) is 3.16. The fourth-order valence-electron chi connectivity index (χ4n) is 3.09. The summed E-state index contributed by atoms with van der Waals surface area (Å²) in [6.07, 6.45) is -3.72. The minimum Gasteiger partial charge on any atom is -0.493 e. The van der Waals surface area contributed by atoms with Crippen molar-refractivity contribution in [2.75, 3.05) is 12.8 Å². The predicted molar refractivity (Wildman–Crippen MR) is 100 cm³/mol. The molecular weight excluding hydrogens is 447 g/mol. The third-order valence-corrected chi connectivity index (χ3v) is 4.49. The van der Waals surface area contributed by atoms with Crippen LogP contribution in [-0.4, -0.2) is 31.7 Å². The number of halogens is 6. The Balaban J connectivity index is 2.14. The highest BCUT2D eigenvalue weighted by Crippen LogP contribution is 2.42. The van der Waals surface area contributed by atoms with E-state index >= 15 is 0 Å². The predicted octanol–water partition coefficient (Wildman–Crippen LogP) is 4.39. The summed E-state index contributed by atoms with van der Waals surface area (Å²) in [6.45, 7) is 0. The van der Waals surface area contributed by atoms with Crippen molar-refractivity contribution < 1.29 is 26.7 Å². The molecule has 0 atom stereocenters. The molecule has 0 radical (unpaired) electrons. The zero-order valence-corrected chi connectivity index (χ0v) is 16.1. The number of fused-ring (bicyclic) bond motifs is 1. The van der Waals surface area contributed by atoms with Gasteiger partial charge in [0, 0.05) is 11.6 Å². The molecule has 3 heterocycles. The lowest BCUT2D eigenvalue weighted by atomic mass is 9.99. The van der Waals surface area contributed by atoms with Crippen molar-refractivity contribution in [3.8, 4) is 28.1 Å². The lowest BCUT2D eigenvalue weighted by Gasteiger charge is -2.16. The van der Waals surface area contributed by atoms with E-state index in [4.69, 9.17) is 22.1 Å². The number of hydrogen-bond donors (Lipinski definition) is 1. The summed E-state index contributed by atoms with van der Waals surface area (Å²) in [4.78, 5) is 11.4. The van der Waals surface area contributed by atoms with Gasteiger partial charge in [-0.3, -0.25) is 0 Å². The summed E-state index contributed by atoms with van der Waals surface area (Å²) < 4.78 is 74.4. The van der Waals surface area contributed by atoms with Gasteiger partial charge in [-0.1, -0.05) is 11.6 Å². The van der Waals surface area contributed by atoms with Crippen LogP contribution in [0.5, 0.6) is 5.75 Å². The lowest BCUT2D eigenvalue weighted by molar-refractivity contribution is -0.141. The molecule has 3 aromatic heterocycles. The largest absolute Gasteiger partial charge is 0.493 e. The molecule has 0 saturated carbocycles. The second-order valence-corrected chi connectivity index (χ2v) is 6.61. The number of methoxy groups -OCH3 is 1. The fourth-order valence-corrected chi connectivity index (χ4v) is 3.30. The van der Waals surface area contributed by atoms with E-state index < -0.39 is 34.4 Å². The monoisotopic (exact) mass is 456 g/mol. The Kier molecular flexibility index (Phi) is 4.88. The molecule has 4 rings (SSSR count). The number of alkyl halides is 3. The Morgan fingerprint density at radius 2 is 1.84 bits per heavy atom. The number of nitrogen functional groups attached to an aromatic ring is 1. The molecule has 2 N–H and O–H groups in total. The van der Waals surface area contributed by atoms with Gasteiger partial charge in [-0.2, -0.15) is 22.8 Å². The average molecular weight is 457 g/mol. The highest BCUT2D eigenvalue weighted by molar-refractivity contribution is 6.29. The second-order valence-electron chi connectivity index (χ2n) is 6.22. The topological polar surface area (TPSA) is 91.2 Å². The highest BCUT2D eigenvalue weighted by atomic mass is 35.5. The van der Waals surface area contributed by atoms with Crippen LogP contribution in [0.4, 0.5) is 27.9 Å². The third kappa shape index (κ3) is 3.58. The molecule has 4 aromatic rings. The molecule has 0 fully saturated rings. The maximum atomic E-state index is 14.3. The van der Waals surface area contributed by atoms with Gasteiger partial charge in [-0.15, -0.1) is 0 Å². The van der Waals surface area contributed by atoms with Gasteiger partial charge < -0.3 is 10.5 Å². The molecule has 0 spiro atoms. The minimum atomic E-state index is -4.81. The van der Waals surface area contributed by atoms with Crippen LogP contribution in [0.15, 0.2) is 30.6 Å². The molecule has 0 aliphatic rings. The van der Waals surface area contributed by atoms with Crippen LogP contribution < -0.4 is 10.5 Å². The Hall–Kier alpha value is -3.54. The number of benzene rings is 1. The van der Waals surface area contributed by atoms with Crippen LogP contribution in [-0.2, 0) is 6.18 Å². The first kappa shape index (κ1) is 20.7. The Morgan fingerprint density at radius 3 is 2.52 bits per heavy atom. The van der Waals surface area contributed by atoms with E-state index in [1.54, 1.807) is 0 Å². The minimum absolute atomic E-state index is 0.0235. The van der Waals surface area contributed by atoms with E-state index in [-0.39, 0.29) is 34.0 Å². The molecular formula is C18H10ClF5N6O. The van der Waals surface area contributed by atoms with E-state index in [1.165, 1.54) is 0 Å². The van der Waals surface area contributed by atoms with Gasteiger partial charge in [0.2, 0.25) is 5.95 Å². The van der Waals surface area contributed by atoms with Gasteiger partial charge in [-0.05, 0) is 23.8 Å². The van der Waals surface area contributed by atoms with Gasteiger partial charge in [0.25, 0.3) is 0 Å². The molecule has 0 saturated heterocycles. The van der Waals surface area contributed by atoms with Crippen LogP contribution in [0.1, 0.15) is 5.69 Å². The molecule has 0 bridgehead atoms. The zero-order valence-electron chi connectivity index (χ0n) is 15.4. The number of aromatic nitrogens is 5. The molecule has 0 unspecified atom stereocenters. The van der Waals surface area contributed by atoms with Crippen molar-refractivity contribution in [3.05, 3.63) is 53.1 Å². The molecule has 160 valence electrons. The molecule has 13 heteroatoms. The summed E-state index contributed by atoms with van der Waals surface area (Å²) in [5.41, 5.74) is 4.00. The van der Waals surface area contributed by atoms with Crippen LogP contribution in [0.2, 0.25) is 5.15 Å². The molecule has 0 aliphatic carbocycles. The molecule has 31 heavy (non-hydrogen) atoms. The van der Waals surface area contributed by atoms with Crippen molar-refractivity contribution in [1.29, 1.82) is 0 Å². The first-order valence-corrected chi connectivity index (χ1v) is 8.75. The Bertz CT molecular complexity index is 1320. The number of rotatable bonds is 3. The summed E-state index contributed by atoms with van der Waals surface area (Å²) in [5.74, 6) is -2.64. The van der Waals surface area contributed by atoms with Crippen LogP contribution >= 0.6 is 11.6 Å². The normalized spacial score (nSPS) is 11.8. The van der Waals surface area contributed by atoms with Gasteiger partial charge >= 0.3 is 6.18 Å². The number of nitrogens with two attached hydrogens (primary N) is 1. The van der Waals surface area contributed by atoms with Gasteiger partial charge in [0.1, 0.15) is 23.0 Å². The molecule has 1 aromatic carbocycles. The second kappa shape index (κ2) is 7.30. The fraction of sp³-hybridized carbons (Fsp3) is 0.111. The smallest absolute Gasteiger partial charge is 0.433 e. The van der Waals surface area contributed by atoms with Crippen molar-refractivity contribution in [1.82, 2.24) is 24.6 Å². The van der Waals surface area contributed by atoms with Crippen molar-refractivity contribution in [3.63, 3.8) is 0 Å². The first-order valence-electron chi connectivity index (χ1n) is 8.38. The van der Waals surface area contributed by atoms with Crippen molar-refractivity contribution in [2.45, 2.75) is 6.18 Å². The first-order chi connectivity index (χ1) is 14.6. The summed E-state index contributed by atoms with van der Waals surface area (Å²) in [6, 6.07) is 3.34. The quantitative estimate of drug-likeness (QED) is 0.363. The number of ether oxygens (including phenoxy) is 1. The zero-order chi connectivity index (χ0) is 22.5. The van der Waals surface area contributed by atoms with Crippen molar-refractivity contribution in [2.24, 2.45) is 0 Å². The van der Waals surface area contributed by atoms with E-state index in [1.807, 2.05) is 0 Å². The SMILES string of the molecule is COc1c(F)cc(F)cc1-c1nc(N)n2ncnc2c1-c1cc(Cl)nc(C(F)(F)F)c1. The van der Waals surface area contributed by atoms with Crippen molar-refractivity contribution >= 4 is 23.2 Å². The van der Waals surface area contributed by atoms with Gasteiger partial charge in [0.15, 0.2) is 17.2 Å². The van der Waals surface area contributed by atoms with Crippen LogP contribution in [0, 0.1) is 11.6 Å². The third-order valence-electron chi connectivity index (χ3n) is 4.29. The molecule has 7 nitrogen and oxygen atoms in total. The van der Waals surface area contributed by atoms with Gasteiger partial charge in [-0.25, -0.2) is 23.7 Å². The number of hydrogen-bond acceptors (Lipinski definition) is 6. The lowest BCUT2D eigenvalue weighted by Crippen LogP contribution is -2.10. The van der Waals surface area contributed by atoms with E-state index in [9.17, 15) is 22.0 Å². The Labute approximate surface area is 175 Å². The highest BCUT2D eigenvalue weighted by Gasteiger charge is 2.34. The molecule has 0 amide bonds. The van der Waals surface area contributed by atoms with E-state index in [0.717, 1.165) is 30.1 Å². The maximum Gasteiger partial charge on any atom is 0.433 e.